The van der Waals surface area contributed by atoms with Gasteiger partial charge in [0.2, 0.25) is 5.91 Å². The molecule has 2 rings (SSSR count). The number of halogens is 4. The van der Waals surface area contributed by atoms with E-state index in [1.54, 1.807) is 19.9 Å². The fourth-order valence-corrected chi connectivity index (χ4v) is 2.69. The van der Waals surface area contributed by atoms with Gasteiger partial charge in [0.05, 0.1) is 17.3 Å². The first kappa shape index (κ1) is 18.6. The molecule has 128 valence electrons. The van der Waals surface area contributed by atoms with Crippen LogP contribution in [-0.4, -0.2) is 12.5 Å². The number of carbonyl (C=O) groups is 1. The third-order valence-electron chi connectivity index (χ3n) is 3.47. The van der Waals surface area contributed by atoms with E-state index < -0.39 is 23.6 Å². The number of amides is 1. The molecule has 3 nitrogen and oxygen atoms in total. The fraction of sp³-hybridized carbons (Fsp3) is 0.235. The standard InChI is InChI=1S/C17H16Cl2F2N2O/c1-9-3-4-16(15(21)5-9)23-17(24)8-22-10(2)11-6-14(20)13(19)7-12(11)18/h3-7,10,22H,8H2,1-2H3,(H,23,24)/t10-/m0/s1. The van der Waals surface area contributed by atoms with Crippen molar-refractivity contribution >= 4 is 34.8 Å². The van der Waals surface area contributed by atoms with Crippen LogP contribution in [0.2, 0.25) is 10.0 Å². The summed E-state index contributed by atoms with van der Waals surface area (Å²) in [5.74, 6) is -1.51. The second kappa shape index (κ2) is 7.92. The second-order valence-corrected chi connectivity index (χ2v) is 6.24. The van der Waals surface area contributed by atoms with Crippen molar-refractivity contribution in [3.63, 3.8) is 0 Å². The van der Waals surface area contributed by atoms with Gasteiger partial charge in [-0.3, -0.25) is 4.79 Å². The Labute approximate surface area is 149 Å². The highest BCUT2D eigenvalue weighted by Gasteiger charge is 2.15. The summed E-state index contributed by atoms with van der Waals surface area (Å²) in [5, 5.41) is 5.61. The van der Waals surface area contributed by atoms with Crippen LogP contribution in [0.4, 0.5) is 14.5 Å². The van der Waals surface area contributed by atoms with Gasteiger partial charge in [0, 0.05) is 11.1 Å². The maximum absolute atomic E-state index is 13.7. The molecular weight excluding hydrogens is 357 g/mol. The number of anilines is 1. The van der Waals surface area contributed by atoms with Crippen molar-refractivity contribution < 1.29 is 13.6 Å². The zero-order chi connectivity index (χ0) is 17.9. The van der Waals surface area contributed by atoms with Crippen LogP contribution in [-0.2, 0) is 4.79 Å². The zero-order valence-electron chi connectivity index (χ0n) is 13.1. The molecule has 0 aliphatic heterocycles. The summed E-state index contributed by atoms with van der Waals surface area (Å²) in [6.07, 6.45) is 0. The van der Waals surface area contributed by atoms with Gasteiger partial charge < -0.3 is 10.6 Å². The van der Waals surface area contributed by atoms with Crippen LogP contribution in [0, 0.1) is 18.6 Å². The first-order chi connectivity index (χ1) is 11.3. The van der Waals surface area contributed by atoms with E-state index in [1.807, 2.05) is 0 Å². The van der Waals surface area contributed by atoms with E-state index in [-0.39, 0.29) is 17.3 Å². The fourth-order valence-electron chi connectivity index (χ4n) is 2.14. The largest absolute Gasteiger partial charge is 0.322 e. The van der Waals surface area contributed by atoms with E-state index in [2.05, 4.69) is 10.6 Å². The maximum atomic E-state index is 13.7. The summed E-state index contributed by atoms with van der Waals surface area (Å²) in [6, 6.07) is 6.68. The monoisotopic (exact) mass is 372 g/mol. The topological polar surface area (TPSA) is 41.1 Å². The van der Waals surface area contributed by atoms with Crippen molar-refractivity contribution in [1.82, 2.24) is 5.32 Å². The highest BCUT2D eigenvalue weighted by molar-refractivity contribution is 6.35. The predicted molar refractivity (Wildman–Crippen MR) is 92.6 cm³/mol. The summed E-state index contributed by atoms with van der Waals surface area (Å²) in [4.78, 5) is 11.9. The van der Waals surface area contributed by atoms with E-state index in [4.69, 9.17) is 23.2 Å². The van der Waals surface area contributed by atoms with Gasteiger partial charge in [0.15, 0.2) is 0 Å². The van der Waals surface area contributed by atoms with Crippen molar-refractivity contribution in [2.45, 2.75) is 19.9 Å². The molecule has 2 aromatic rings. The molecule has 0 aliphatic carbocycles. The van der Waals surface area contributed by atoms with E-state index in [1.165, 1.54) is 24.3 Å². The molecule has 0 aliphatic rings. The average Bonchev–Trinajstić information content (AvgIpc) is 2.51. The van der Waals surface area contributed by atoms with Gasteiger partial charge >= 0.3 is 0 Å². The van der Waals surface area contributed by atoms with Crippen LogP contribution < -0.4 is 10.6 Å². The Morgan fingerprint density at radius 1 is 1.12 bits per heavy atom. The van der Waals surface area contributed by atoms with Crippen LogP contribution in [0.5, 0.6) is 0 Å². The summed E-state index contributed by atoms with van der Waals surface area (Å²) in [6.45, 7) is 3.40. The summed E-state index contributed by atoms with van der Waals surface area (Å²) in [5.41, 5.74) is 1.35. The normalized spacial score (nSPS) is 12.1. The van der Waals surface area contributed by atoms with Gasteiger partial charge in [0.1, 0.15) is 11.6 Å². The first-order valence-corrected chi connectivity index (χ1v) is 7.97. The molecule has 0 saturated heterocycles. The molecule has 7 heteroatoms. The molecule has 0 bridgehead atoms. The van der Waals surface area contributed by atoms with Gasteiger partial charge in [0.25, 0.3) is 0 Å². The lowest BCUT2D eigenvalue weighted by molar-refractivity contribution is -0.115. The van der Waals surface area contributed by atoms with Gasteiger partial charge in [-0.25, -0.2) is 8.78 Å². The van der Waals surface area contributed by atoms with Crippen molar-refractivity contribution in [3.8, 4) is 0 Å². The Hall–Kier alpha value is -1.69. The van der Waals surface area contributed by atoms with Crippen molar-refractivity contribution in [2.24, 2.45) is 0 Å². The number of hydrogen-bond donors (Lipinski definition) is 2. The number of rotatable bonds is 5. The van der Waals surface area contributed by atoms with Gasteiger partial charge in [-0.2, -0.15) is 0 Å². The maximum Gasteiger partial charge on any atom is 0.238 e. The molecule has 1 amide bonds. The van der Waals surface area contributed by atoms with Gasteiger partial charge in [-0.05, 0) is 49.2 Å². The number of carbonyl (C=O) groups excluding carboxylic acids is 1. The van der Waals surface area contributed by atoms with E-state index >= 15 is 0 Å². The predicted octanol–water partition coefficient (Wildman–Crippen LogP) is 4.87. The molecule has 2 N–H and O–H groups in total. The minimum atomic E-state index is -0.587. The Bertz CT molecular complexity index is 768. The van der Waals surface area contributed by atoms with Gasteiger partial charge in [-0.1, -0.05) is 29.3 Å². The van der Waals surface area contributed by atoms with Crippen molar-refractivity contribution in [3.05, 3.63) is 63.1 Å². The van der Waals surface area contributed by atoms with Crippen LogP contribution >= 0.6 is 23.2 Å². The molecule has 1 atom stereocenters. The number of benzene rings is 2. The molecule has 0 spiro atoms. The van der Waals surface area contributed by atoms with Crippen molar-refractivity contribution in [2.75, 3.05) is 11.9 Å². The molecule has 0 heterocycles. The van der Waals surface area contributed by atoms with E-state index in [0.717, 1.165) is 5.56 Å². The SMILES string of the molecule is Cc1ccc(NC(=O)CN[C@@H](C)c2cc(F)c(Cl)cc2Cl)c(F)c1. The lowest BCUT2D eigenvalue weighted by Gasteiger charge is -2.16. The smallest absolute Gasteiger partial charge is 0.238 e. The minimum absolute atomic E-state index is 0.0662. The average molecular weight is 373 g/mol. The lowest BCUT2D eigenvalue weighted by atomic mass is 10.1. The Morgan fingerprint density at radius 2 is 1.83 bits per heavy atom. The molecule has 0 unspecified atom stereocenters. The minimum Gasteiger partial charge on any atom is -0.322 e. The molecular formula is C17H16Cl2F2N2O. The summed E-state index contributed by atoms with van der Waals surface area (Å²) in [7, 11) is 0. The molecule has 0 radical (unpaired) electrons. The zero-order valence-corrected chi connectivity index (χ0v) is 14.6. The lowest BCUT2D eigenvalue weighted by Crippen LogP contribution is -2.30. The quantitative estimate of drug-likeness (QED) is 0.735. The molecule has 0 fully saturated rings. The summed E-state index contributed by atoms with van der Waals surface area (Å²) < 4.78 is 27.2. The third-order valence-corrected chi connectivity index (χ3v) is 4.09. The van der Waals surface area contributed by atoms with Crippen molar-refractivity contribution in [1.29, 1.82) is 0 Å². The highest BCUT2D eigenvalue weighted by atomic mass is 35.5. The Balaban J connectivity index is 1.97. The van der Waals surface area contributed by atoms with Crippen LogP contribution in [0.3, 0.4) is 0 Å². The van der Waals surface area contributed by atoms with Gasteiger partial charge in [-0.15, -0.1) is 0 Å². The summed E-state index contributed by atoms with van der Waals surface area (Å²) >= 11 is 11.7. The number of nitrogens with one attached hydrogen (secondary N) is 2. The molecule has 2 aromatic carbocycles. The van der Waals surface area contributed by atoms with Crippen LogP contribution in [0.1, 0.15) is 24.1 Å². The molecule has 0 saturated carbocycles. The highest BCUT2D eigenvalue weighted by Crippen LogP contribution is 2.28. The molecule has 0 aromatic heterocycles. The first-order valence-electron chi connectivity index (χ1n) is 7.21. The third kappa shape index (κ3) is 4.66. The number of aryl methyl sites for hydroxylation is 1. The Morgan fingerprint density at radius 3 is 2.50 bits per heavy atom. The van der Waals surface area contributed by atoms with Crippen LogP contribution in [0.25, 0.3) is 0 Å². The molecule has 24 heavy (non-hydrogen) atoms. The Kier molecular flexibility index (Phi) is 6.15. The van der Waals surface area contributed by atoms with E-state index in [9.17, 15) is 13.6 Å². The second-order valence-electron chi connectivity index (χ2n) is 5.42. The number of hydrogen-bond acceptors (Lipinski definition) is 2. The van der Waals surface area contributed by atoms with E-state index in [0.29, 0.717) is 10.6 Å². The van der Waals surface area contributed by atoms with Crippen LogP contribution in [0.15, 0.2) is 30.3 Å².